The monoisotopic (exact) mass is 469 g/mol. The molecule has 0 atom stereocenters. The maximum Gasteiger partial charge on any atom is 0.252 e. The van der Waals surface area contributed by atoms with Crippen LogP contribution in [-0.4, -0.2) is 81.5 Å². The molecule has 0 aliphatic carbocycles. The van der Waals surface area contributed by atoms with Crippen LogP contribution in [-0.2, 0) is 23.4 Å². The van der Waals surface area contributed by atoms with Crippen LogP contribution >= 0.6 is 0 Å². The van der Waals surface area contributed by atoms with Gasteiger partial charge in [-0.2, -0.15) is 0 Å². The number of fused-ring (bicyclic) bond motifs is 1. The first kappa shape index (κ1) is 24.3. The highest BCUT2D eigenvalue weighted by molar-refractivity contribution is 5.80. The first-order chi connectivity index (χ1) is 16.3. The molecule has 10 heteroatoms. The van der Waals surface area contributed by atoms with E-state index in [1.54, 1.807) is 7.11 Å². The van der Waals surface area contributed by atoms with Gasteiger partial charge in [0.15, 0.2) is 5.82 Å². The number of methoxy groups -OCH3 is 1. The Kier molecular flexibility index (Phi) is 7.60. The summed E-state index contributed by atoms with van der Waals surface area (Å²) >= 11 is 0. The van der Waals surface area contributed by atoms with Crippen LogP contribution in [0.3, 0.4) is 0 Å². The van der Waals surface area contributed by atoms with Crippen molar-refractivity contribution in [3.05, 3.63) is 46.0 Å². The van der Waals surface area contributed by atoms with Gasteiger partial charge in [0, 0.05) is 37.8 Å². The fourth-order valence-electron chi connectivity index (χ4n) is 4.29. The van der Waals surface area contributed by atoms with E-state index in [9.17, 15) is 4.79 Å². The van der Waals surface area contributed by atoms with Crippen molar-refractivity contribution in [1.29, 1.82) is 0 Å². The molecule has 1 N–H and O–H groups in total. The third-order valence-corrected chi connectivity index (χ3v) is 6.11. The number of aromatic nitrogens is 5. The summed E-state index contributed by atoms with van der Waals surface area (Å²) in [5.41, 5.74) is 1.18. The third-order valence-electron chi connectivity index (χ3n) is 6.11. The van der Waals surface area contributed by atoms with E-state index in [2.05, 4.69) is 51.1 Å². The zero-order chi connectivity index (χ0) is 24.1. The molecule has 10 nitrogen and oxygen atoms in total. The van der Waals surface area contributed by atoms with Gasteiger partial charge in [-0.3, -0.25) is 14.6 Å². The van der Waals surface area contributed by atoms with Crippen molar-refractivity contribution < 1.29 is 9.47 Å². The Morgan fingerprint density at radius 2 is 1.97 bits per heavy atom. The molecular formula is C24H35N7O3. The molecule has 0 radical (unpaired) electrons. The Balaban J connectivity index is 1.54. The van der Waals surface area contributed by atoms with Crippen LogP contribution in [0.4, 0.5) is 0 Å². The smallest absolute Gasteiger partial charge is 0.252 e. The Morgan fingerprint density at radius 1 is 1.18 bits per heavy atom. The molecule has 1 saturated heterocycles. The molecule has 2 aromatic heterocycles. The van der Waals surface area contributed by atoms with E-state index >= 15 is 0 Å². The standard InChI is InChI=1S/C24H35N7O3/c1-24(2,3)31-22(26-27-28-31)17-30(9-5-8-29-10-12-34-13-11-29)16-19-14-18-6-7-20(33-4)15-21(18)25-23(19)32/h6-7,14-15H,5,8-13,16-17H2,1-4H3,(H,25,32). The van der Waals surface area contributed by atoms with Crippen LogP contribution in [0.25, 0.3) is 10.9 Å². The molecule has 0 saturated carbocycles. The highest BCUT2D eigenvalue weighted by Crippen LogP contribution is 2.20. The molecule has 184 valence electrons. The minimum absolute atomic E-state index is 0.0886. The molecule has 34 heavy (non-hydrogen) atoms. The largest absolute Gasteiger partial charge is 0.497 e. The number of tetrazole rings is 1. The number of nitrogens with zero attached hydrogens (tertiary/aromatic N) is 6. The van der Waals surface area contributed by atoms with Crippen molar-refractivity contribution in [2.75, 3.05) is 46.5 Å². The SMILES string of the molecule is COc1ccc2cc(CN(CCCN3CCOCC3)Cc3nnnn3C(C)(C)C)c(=O)[nH]c2c1. The van der Waals surface area contributed by atoms with Crippen LogP contribution in [0.1, 0.15) is 38.6 Å². The van der Waals surface area contributed by atoms with E-state index in [4.69, 9.17) is 9.47 Å². The zero-order valence-electron chi connectivity index (χ0n) is 20.6. The van der Waals surface area contributed by atoms with E-state index in [0.29, 0.717) is 13.1 Å². The molecule has 0 bridgehead atoms. The van der Waals surface area contributed by atoms with Crippen LogP contribution in [0.15, 0.2) is 29.1 Å². The Hall–Kier alpha value is -2.82. The summed E-state index contributed by atoms with van der Waals surface area (Å²) in [6, 6.07) is 7.69. The molecule has 3 heterocycles. The number of morpholine rings is 1. The predicted octanol–water partition coefficient (Wildman–Crippen LogP) is 2.00. The van der Waals surface area contributed by atoms with E-state index in [0.717, 1.165) is 73.9 Å². The lowest BCUT2D eigenvalue weighted by molar-refractivity contribution is 0.0358. The highest BCUT2D eigenvalue weighted by Gasteiger charge is 2.22. The van der Waals surface area contributed by atoms with Gasteiger partial charge in [-0.05, 0) is 67.7 Å². The minimum atomic E-state index is -0.224. The first-order valence-electron chi connectivity index (χ1n) is 11.8. The van der Waals surface area contributed by atoms with Crippen molar-refractivity contribution in [3.8, 4) is 5.75 Å². The number of rotatable bonds is 9. The van der Waals surface area contributed by atoms with Crippen molar-refractivity contribution in [2.45, 2.75) is 45.8 Å². The number of H-pyrrole nitrogens is 1. The lowest BCUT2D eigenvalue weighted by atomic mass is 10.1. The molecule has 1 aliphatic rings. The molecule has 1 aliphatic heterocycles. The normalized spacial score (nSPS) is 15.3. The maximum atomic E-state index is 12.9. The number of hydrogen-bond acceptors (Lipinski definition) is 8. The molecule has 4 rings (SSSR count). The van der Waals surface area contributed by atoms with Crippen LogP contribution in [0, 0.1) is 0 Å². The second-order valence-electron chi connectivity index (χ2n) is 9.77. The average molecular weight is 470 g/mol. The number of hydrogen-bond donors (Lipinski definition) is 1. The number of nitrogens with one attached hydrogen (secondary N) is 1. The molecule has 0 spiro atoms. The summed E-state index contributed by atoms with van der Waals surface area (Å²) in [4.78, 5) is 20.6. The van der Waals surface area contributed by atoms with Gasteiger partial charge >= 0.3 is 0 Å². The van der Waals surface area contributed by atoms with Crippen LogP contribution in [0.2, 0.25) is 0 Å². The number of aromatic amines is 1. The fourth-order valence-corrected chi connectivity index (χ4v) is 4.29. The molecule has 0 amide bonds. The first-order valence-corrected chi connectivity index (χ1v) is 11.8. The topological polar surface area (TPSA) is 101 Å². The van der Waals surface area contributed by atoms with Gasteiger partial charge < -0.3 is 14.5 Å². The molecule has 1 fully saturated rings. The highest BCUT2D eigenvalue weighted by atomic mass is 16.5. The molecule has 0 unspecified atom stereocenters. The van der Waals surface area contributed by atoms with Gasteiger partial charge in [-0.25, -0.2) is 4.68 Å². The second-order valence-corrected chi connectivity index (χ2v) is 9.77. The van der Waals surface area contributed by atoms with Crippen molar-refractivity contribution in [3.63, 3.8) is 0 Å². The van der Waals surface area contributed by atoms with E-state index in [1.165, 1.54) is 0 Å². The Morgan fingerprint density at radius 3 is 2.71 bits per heavy atom. The summed E-state index contributed by atoms with van der Waals surface area (Å²) in [7, 11) is 1.62. The van der Waals surface area contributed by atoms with Gasteiger partial charge in [0.2, 0.25) is 0 Å². The quantitative estimate of drug-likeness (QED) is 0.508. The lowest BCUT2D eigenvalue weighted by Gasteiger charge is -2.28. The van der Waals surface area contributed by atoms with Gasteiger partial charge in [-0.1, -0.05) is 0 Å². The predicted molar refractivity (Wildman–Crippen MR) is 130 cm³/mol. The Labute approximate surface area is 199 Å². The van der Waals surface area contributed by atoms with Gasteiger partial charge in [0.05, 0.1) is 37.9 Å². The number of benzene rings is 1. The maximum absolute atomic E-state index is 12.9. The third kappa shape index (κ3) is 5.99. The molecule has 3 aromatic rings. The zero-order valence-corrected chi connectivity index (χ0v) is 20.6. The summed E-state index contributed by atoms with van der Waals surface area (Å²) < 4.78 is 12.6. The summed E-state index contributed by atoms with van der Waals surface area (Å²) in [5, 5.41) is 13.4. The average Bonchev–Trinajstić information content (AvgIpc) is 3.29. The van der Waals surface area contributed by atoms with Crippen molar-refractivity contribution in [2.24, 2.45) is 0 Å². The summed E-state index contributed by atoms with van der Waals surface area (Å²) in [6.07, 6.45) is 0.986. The van der Waals surface area contributed by atoms with Crippen LogP contribution in [0.5, 0.6) is 5.75 Å². The molecular weight excluding hydrogens is 434 g/mol. The van der Waals surface area contributed by atoms with Crippen molar-refractivity contribution in [1.82, 2.24) is 35.0 Å². The summed E-state index contributed by atoms with van der Waals surface area (Å²) in [5.74, 6) is 1.51. The minimum Gasteiger partial charge on any atom is -0.497 e. The summed E-state index contributed by atoms with van der Waals surface area (Å²) in [6.45, 7) is 12.7. The molecule has 1 aromatic carbocycles. The van der Waals surface area contributed by atoms with E-state index in [1.807, 2.05) is 28.9 Å². The lowest BCUT2D eigenvalue weighted by Crippen LogP contribution is -2.38. The van der Waals surface area contributed by atoms with Gasteiger partial charge in [0.1, 0.15) is 5.75 Å². The Bertz CT molecular complexity index is 1150. The van der Waals surface area contributed by atoms with Gasteiger partial charge in [-0.15, -0.1) is 5.10 Å². The fraction of sp³-hybridized carbons (Fsp3) is 0.583. The van der Waals surface area contributed by atoms with Gasteiger partial charge in [0.25, 0.3) is 5.56 Å². The van der Waals surface area contributed by atoms with E-state index in [-0.39, 0.29) is 11.1 Å². The van der Waals surface area contributed by atoms with Crippen LogP contribution < -0.4 is 10.3 Å². The number of ether oxygens (including phenoxy) is 2. The van der Waals surface area contributed by atoms with Crippen molar-refractivity contribution >= 4 is 10.9 Å². The second kappa shape index (κ2) is 10.6. The number of pyridine rings is 1. The van der Waals surface area contributed by atoms with E-state index < -0.39 is 0 Å².